The number of halogens is 3. The van der Waals surface area contributed by atoms with E-state index in [0.717, 1.165) is 16.7 Å². The maximum atomic E-state index is 12.6. The first-order chi connectivity index (χ1) is 10.0. The van der Waals surface area contributed by atoms with Crippen LogP contribution in [-0.2, 0) is 19.3 Å². The van der Waals surface area contributed by atoms with Gasteiger partial charge in [0, 0.05) is 30.9 Å². The highest BCUT2D eigenvalue weighted by Crippen LogP contribution is 2.29. The lowest BCUT2D eigenvalue weighted by atomic mass is 10.1. The van der Waals surface area contributed by atoms with E-state index in [1.165, 1.54) is 12.1 Å². The zero-order chi connectivity index (χ0) is 14.9. The normalized spacial score (nSPS) is 12.1. The van der Waals surface area contributed by atoms with Gasteiger partial charge in [0.2, 0.25) is 0 Å². The van der Waals surface area contributed by atoms with Gasteiger partial charge >= 0.3 is 6.18 Å². The van der Waals surface area contributed by atoms with Gasteiger partial charge in [-0.2, -0.15) is 13.2 Å². The first-order valence-corrected chi connectivity index (χ1v) is 7.18. The summed E-state index contributed by atoms with van der Waals surface area (Å²) in [5, 5.41) is 5.06. The average molecular weight is 311 g/mol. The van der Waals surface area contributed by atoms with Crippen molar-refractivity contribution in [1.29, 1.82) is 0 Å². The van der Waals surface area contributed by atoms with Crippen LogP contribution < -0.4 is 5.32 Å². The largest absolute Gasteiger partial charge is 0.416 e. The SMILES string of the molecule is FC(F)(F)c1cccc(CNCc2cn3ccsc3n2)c1. The van der Waals surface area contributed by atoms with Gasteiger partial charge in [0.05, 0.1) is 11.3 Å². The molecule has 0 aliphatic carbocycles. The summed E-state index contributed by atoms with van der Waals surface area (Å²) in [6.45, 7) is 0.889. The molecule has 2 aromatic heterocycles. The van der Waals surface area contributed by atoms with Gasteiger partial charge < -0.3 is 5.32 Å². The summed E-state index contributed by atoms with van der Waals surface area (Å²) in [5.41, 5.74) is 0.851. The second-order valence-corrected chi connectivity index (χ2v) is 5.50. The van der Waals surface area contributed by atoms with Gasteiger partial charge in [-0.3, -0.25) is 4.40 Å². The predicted molar refractivity (Wildman–Crippen MR) is 75.1 cm³/mol. The van der Waals surface area contributed by atoms with Crippen LogP contribution in [0.4, 0.5) is 13.2 Å². The molecule has 0 radical (unpaired) electrons. The minimum atomic E-state index is -4.30. The zero-order valence-electron chi connectivity index (χ0n) is 10.9. The lowest BCUT2D eigenvalue weighted by Gasteiger charge is -2.09. The number of thiazole rings is 1. The Morgan fingerprint density at radius 2 is 2.10 bits per heavy atom. The molecule has 0 aliphatic rings. The molecule has 3 rings (SSSR count). The Bertz CT molecular complexity index is 717. The molecule has 0 saturated carbocycles. The quantitative estimate of drug-likeness (QED) is 0.796. The van der Waals surface area contributed by atoms with E-state index in [0.29, 0.717) is 18.7 Å². The van der Waals surface area contributed by atoms with Crippen LogP contribution in [0.2, 0.25) is 0 Å². The van der Waals surface area contributed by atoms with Gasteiger partial charge in [0.1, 0.15) is 0 Å². The fraction of sp³-hybridized carbons (Fsp3) is 0.214. The van der Waals surface area contributed by atoms with E-state index < -0.39 is 11.7 Å². The fourth-order valence-corrected chi connectivity index (χ4v) is 2.77. The van der Waals surface area contributed by atoms with Crippen LogP contribution >= 0.6 is 11.3 Å². The highest BCUT2D eigenvalue weighted by Gasteiger charge is 2.30. The summed E-state index contributed by atoms with van der Waals surface area (Å²) >= 11 is 1.54. The van der Waals surface area contributed by atoms with Crippen LogP contribution in [0.3, 0.4) is 0 Å². The van der Waals surface area contributed by atoms with E-state index in [1.807, 2.05) is 22.2 Å². The molecule has 3 nitrogen and oxygen atoms in total. The number of aromatic nitrogens is 2. The molecule has 0 unspecified atom stereocenters. The van der Waals surface area contributed by atoms with Crippen LogP contribution in [0.5, 0.6) is 0 Å². The van der Waals surface area contributed by atoms with Crippen LogP contribution in [0, 0.1) is 0 Å². The summed E-state index contributed by atoms with van der Waals surface area (Å²) < 4.78 is 39.7. The summed E-state index contributed by atoms with van der Waals surface area (Å²) in [5.74, 6) is 0. The minimum Gasteiger partial charge on any atom is -0.307 e. The Morgan fingerprint density at radius 1 is 1.24 bits per heavy atom. The number of fused-ring (bicyclic) bond motifs is 1. The van der Waals surface area contributed by atoms with Crippen molar-refractivity contribution in [2.75, 3.05) is 0 Å². The summed E-state index contributed by atoms with van der Waals surface area (Å²) in [7, 11) is 0. The van der Waals surface area contributed by atoms with Gasteiger partial charge in [-0.15, -0.1) is 11.3 Å². The third kappa shape index (κ3) is 3.25. The molecule has 1 N–H and O–H groups in total. The maximum Gasteiger partial charge on any atom is 0.416 e. The van der Waals surface area contributed by atoms with Crippen LogP contribution in [0.15, 0.2) is 42.0 Å². The lowest BCUT2D eigenvalue weighted by Crippen LogP contribution is -2.14. The second kappa shape index (κ2) is 5.50. The van der Waals surface area contributed by atoms with Gasteiger partial charge in [-0.05, 0) is 11.6 Å². The van der Waals surface area contributed by atoms with E-state index in [9.17, 15) is 13.2 Å². The number of nitrogens with zero attached hydrogens (tertiary/aromatic N) is 2. The Balaban J connectivity index is 1.61. The molecule has 3 aromatic rings. The minimum absolute atomic E-state index is 0.370. The van der Waals surface area contributed by atoms with E-state index in [4.69, 9.17) is 0 Å². The topological polar surface area (TPSA) is 29.3 Å². The van der Waals surface area contributed by atoms with Crippen molar-refractivity contribution in [3.63, 3.8) is 0 Å². The van der Waals surface area contributed by atoms with E-state index >= 15 is 0 Å². The second-order valence-electron chi connectivity index (χ2n) is 4.63. The molecule has 0 fully saturated rings. The van der Waals surface area contributed by atoms with Crippen molar-refractivity contribution in [2.45, 2.75) is 19.3 Å². The summed E-state index contributed by atoms with van der Waals surface area (Å²) in [6, 6.07) is 5.34. The third-order valence-electron chi connectivity index (χ3n) is 3.03. The molecule has 0 bridgehead atoms. The number of imidazole rings is 1. The number of hydrogen-bond donors (Lipinski definition) is 1. The smallest absolute Gasteiger partial charge is 0.307 e. The number of nitrogens with one attached hydrogen (secondary N) is 1. The number of rotatable bonds is 4. The van der Waals surface area contributed by atoms with E-state index in [1.54, 1.807) is 17.4 Å². The van der Waals surface area contributed by atoms with Crippen LogP contribution in [0.1, 0.15) is 16.8 Å². The van der Waals surface area contributed by atoms with Crippen molar-refractivity contribution in [2.24, 2.45) is 0 Å². The lowest BCUT2D eigenvalue weighted by molar-refractivity contribution is -0.137. The molecule has 0 atom stereocenters. The molecule has 21 heavy (non-hydrogen) atoms. The molecule has 0 aliphatic heterocycles. The summed E-state index contributed by atoms with van der Waals surface area (Å²) in [4.78, 5) is 5.31. The van der Waals surface area contributed by atoms with Gasteiger partial charge in [-0.25, -0.2) is 4.98 Å². The van der Waals surface area contributed by atoms with Crippen LogP contribution in [-0.4, -0.2) is 9.38 Å². The molecule has 110 valence electrons. The van der Waals surface area contributed by atoms with Gasteiger partial charge in [0.15, 0.2) is 4.96 Å². The number of hydrogen-bond acceptors (Lipinski definition) is 3. The van der Waals surface area contributed by atoms with Crippen molar-refractivity contribution >= 4 is 16.3 Å². The zero-order valence-corrected chi connectivity index (χ0v) is 11.7. The summed E-state index contributed by atoms with van der Waals surface area (Å²) in [6.07, 6.45) is -0.474. The molecule has 0 spiro atoms. The molecule has 7 heteroatoms. The highest BCUT2D eigenvalue weighted by atomic mass is 32.1. The Morgan fingerprint density at radius 3 is 2.86 bits per heavy atom. The Labute approximate surface area is 123 Å². The molecule has 2 heterocycles. The first kappa shape index (κ1) is 14.1. The van der Waals surface area contributed by atoms with E-state index in [2.05, 4.69) is 10.3 Å². The molecule has 0 amide bonds. The monoisotopic (exact) mass is 311 g/mol. The van der Waals surface area contributed by atoms with Crippen molar-refractivity contribution in [1.82, 2.24) is 14.7 Å². The third-order valence-corrected chi connectivity index (χ3v) is 3.80. The average Bonchev–Trinajstić information content (AvgIpc) is 2.99. The van der Waals surface area contributed by atoms with Crippen molar-refractivity contribution in [3.05, 3.63) is 58.9 Å². The molecule has 1 aromatic carbocycles. The van der Waals surface area contributed by atoms with Crippen molar-refractivity contribution < 1.29 is 13.2 Å². The predicted octanol–water partition coefficient (Wildman–Crippen LogP) is 3.70. The van der Waals surface area contributed by atoms with Gasteiger partial charge in [-0.1, -0.05) is 18.2 Å². The molecule has 0 saturated heterocycles. The molecular weight excluding hydrogens is 299 g/mol. The first-order valence-electron chi connectivity index (χ1n) is 6.30. The molecular formula is C14H12F3N3S. The van der Waals surface area contributed by atoms with Crippen molar-refractivity contribution in [3.8, 4) is 0 Å². The number of benzene rings is 1. The highest BCUT2D eigenvalue weighted by molar-refractivity contribution is 7.15. The van der Waals surface area contributed by atoms with E-state index in [-0.39, 0.29) is 0 Å². The Kier molecular flexibility index (Phi) is 3.69. The number of alkyl halides is 3. The van der Waals surface area contributed by atoms with Gasteiger partial charge in [0.25, 0.3) is 0 Å². The Hall–Kier alpha value is -1.86. The van der Waals surface area contributed by atoms with Crippen LogP contribution in [0.25, 0.3) is 4.96 Å². The maximum absolute atomic E-state index is 12.6. The standard InChI is InChI=1S/C14H12F3N3S/c15-14(16,17)11-3-1-2-10(6-11)7-18-8-12-9-20-4-5-21-13(20)19-12/h1-6,9,18H,7-8H2. The fourth-order valence-electron chi connectivity index (χ4n) is 2.05.